The second kappa shape index (κ2) is 7.46. The van der Waals surface area contributed by atoms with Crippen LogP contribution in [-0.2, 0) is 10.3 Å². The maximum atomic E-state index is 12.3. The number of nitrogens with zero attached hydrogens (tertiary/aromatic N) is 1. The number of hydrogen-bond acceptors (Lipinski definition) is 3. The van der Waals surface area contributed by atoms with E-state index < -0.39 is 11.2 Å². The quantitative estimate of drug-likeness (QED) is 0.696. The Balaban J connectivity index is 1.87. The Morgan fingerprint density at radius 3 is 2.04 bits per heavy atom. The Hall–Kier alpha value is -1.56. The molecule has 0 spiro atoms. The Morgan fingerprint density at radius 2 is 1.56 bits per heavy atom. The highest BCUT2D eigenvalue weighted by atomic mass is 79.9. The molecule has 1 fully saturated rings. The molecular formula is C21H23BrClNO3. The predicted molar refractivity (Wildman–Crippen MR) is 110 cm³/mol. The van der Waals surface area contributed by atoms with Crippen LogP contribution >= 0.6 is 27.5 Å². The molecule has 0 radical (unpaired) electrons. The summed E-state index contributed by atoms with van der Waals surface area (Å²) in [5.41, 5.74) is -0.227. The number of benzene rings is 2. The lowest BCUT2D eigenvalue weighted by Crippen LogP contribution is -2.59. The number of halogens is 2. The molecule has 1 aliphatic rings. The first-order valence-electron chi connectivity index (χ1n) is 8.82. The predicted octanol–water partition coefficient (Wildman–Crippen LogP) is 5.21. The van der Waals surface area contributed by atoms with Gasteiger partial charge in [-0.1, -0.05) is 51.8 Å². The van der Waals surface area contributed by atoms with Gasteiger partial charge in [-0.3, -0.25) is 0 Å². The first kappa shape index (κ1) is 20.2. The molecule has 0 bridgehead atoms. The molecule has 27 heavy (non-hydrogen) atoms. The summed E-state index contributed by atoms with van der Waals surface area (Å²) < 4.78 is 6.37. The van der Waals surface area contributed by atoms with Crippen LogP contribution in [0.15, 0.2) is 53.0 Å². The first-order chi connectivity index (χ1) is 12.6. The lowest BCUT2D eigenvalue weighted by atomic mass is 9.72. The van der Waals surface area contributed by atoms with E-state index in [1.54, 1.807) is 17.0 Å². The van der Waals surface area contributed by atoms with Gasteiger partial charge in [-0.2, -0.15) is 0 Å². The average molecular weight is 453 g/mol. The van der Waals surface area contributed by atoms with Crippen LogP contribution in [-0.4, -0.2) is 34.8 Å². The first-order valence-corrected chi connectivity index (χ1v) is 9.99. The lowest BCUT2D eigenvalue weighted by Gasteiger charge is -2.48. The number of ether oxygens (including phenoxy) is 1. The summed E-state index contributed by atoms with van der Waals surface area (Å²) in [4.78, 5) is 13.9. The van der Waals surface area contributed by atoms with Crippen LogP contribution in [0.25, 0.3) is 0 Å². The van der Waals surface area contributed by atoms with Gasteiger partial charge in [0, 0.05) is 28.5 Å². The van der Waals surface area contributed by atoms with E-state index in [1.807, 2.05) is 57.2 Å². The van der Waals surface area contributed by atoms with E-state index in [-0.39, 0.29) is 12.0 Å². The third kappa shape index (κ3) is 4.31. The van der Waals surface area contributed by atoms with Crippen molar-refractivity contribution in [1.82, 2.24) is 4.90 Å². The Labute approximate surface area is 173 Å². The molecule has 3 rings (SSSR count). The zero-order valence-electron chi connectivity index (χ0n) is 15.6. The van der Waals surface area contributed by atoms with Crippen LogP contribution in [0.4, 0.5) is 4.79 Å². The van der Waals surface area contributed by atoms with E-state index in [4.69, 9.17) is 16.3 Å². The van der Waals surface area contributed by atoms with Crippen molar-refractivity contribution in [2.45, 2.75) is 32.0 Å². The molecule has 1 heterocycles. The zero-order chi connectivity index (χ0) is 19.8. The highest BCUT2D eigenvalue weighted by Gasteiger charge is 2.48. The van der Waals surface area contributed by atoms with Crippen LogP contribution in [0.2, 0.25) is 5.02 Å². The molecule has 2 aromatic carbocycles. The largest absolute Gasteiger partial charge is 0.444 e. The maximum absolute atomic E-state index is 12.3. The van der Waals surface area contributed by atoms with Crippen molar-refractivity contribution < 1.29 is 14.6 Å². The lowest BCUT2D eigenvalue weighted by molar-refractivity contribution is -0.0691. The molecule has 1 unspecified atom stereocenters. The Kier molecular flexibility index (Phi) is 5.57. The van der Waals surface area contributed by atoms with Gasteiger partial charge in [0.2, 0.25) is 0 Å². The van der Waals surface area contributed by atoms with E-state index in [9.17, 15) is 9.90 Å². The maximum Gasteiger partial charge on any atom is 0.410 e. The van der Waals surface area contributed by atoms with Gasteiger partial charge >= 0.3 is 6.09 Å². The summed E-state index contributed by atoms with van der Waals surface area (Å²) in [5.74, 6) is -0.146. The third-order valence-corrected chi connectivity index (χ3v) is 5.47. The van der Waals surface area contributed by atoms with Crippen molar-refractivity contribution in [2.24, 2.45) is 5.92 Å². The van der Waals surface area contributed by atoms with Crippen LogP contribution in [0.3, 0.4) is 0 Å². The number of carbonyl (C=O) groups is 1. The van der Waals surface area contributed by atoms with Gasteiger partial charge in [-0.15, -0.1) is 0 Å². The average Bonchev–Trinajstić information content (AvgIpc) is 2.52. The normalized spacial score (nSPS) is 17.2. The van der Waals surface area contributed by atoms with E-state index >= 15 is 0 Å². The molecule has 4 nitrogen and oxygen atoms in total. The highest BCUT2D eigenvalue weighted by Crippen LogP contribution is 2.42. The number of likely N-dealkylation sites (tertiary alicyclic amines) is 1. The van der Waals surface area contributed by atoms with Gasteiger partial charge in [-0.05, 0) is 56.2 Å². The molecule has 144 valence electrons. The fraction of sp³-hybridized carbons (Fsp3) is 0.381. The number of amides is 1. The van der Waals surface area contributed by atoms with Crippen molar-refractivity contribution in [3.05, 3.63) is 69.2 Å². The molecule has 6 heteroatoms. The van der Waals surface area contributed by atoms with Crippen molar-refractivity contribution >= 4 is 33.6 Å². The van der Waals surface area contributed by atoms with Gasteiger partial charge in [0.1, 0.15) is 11.2 Å². The zero-order valence-corrected chi connectivity index (χ0v) is 17.9. The number of hydrogen-bond donors (Lipinski definition) is 1. The molecule has 1 atom stereocenters. The molecule has 1 saturated heterocycles. The van der Waals surface area contributed by atoms with E-state index in [1.165, 1.54) is 0 Å². The molecule has 0 aliphatic carbocycles. The molecular weight excluding hydrogens is 430 g/mol. The standard InChI is InChI=1S/C21H23BrClNO3/c1-20(2,3)27-19(25)24-12-16(13-24)21(26,14-4-8-17(22)9-5-14)15-6-10-18(23)11-7-15/h4-11,16,26H,12-13H2,1-3H3. The van der Waals surface area contributed by atoms with Crippen LogP contribution in [0.1, 0.15) is 31.9 Å². The summed E-state index contributed by atoms with van der Waals surface area (Å²) in [6, 6.07) is 14.8. The second-order valence-electron chi connectivity index (χ2n) is 7.86. The van der Waals surface area contributed by atoms with E-state index in [0.717, 1.165) is 15.6 Å². The molecule has 1 aliphatic heterocycles. The Bertz CT molecular complexity index is 763. The monoisotopic (exact) mass is 451 g/mol. The van der Waals surface area contributed by atoms with Crippen LogP contribution in [0, 0.1) is 5.92 Å². The number of carbonyl (C=O) groups excluding carboxylic acids is 1. The number of aliphatic hydroxyl groups is 1. The van der Waals surface area contributed by atoms with Crippen molar-refractivity contribution in [1.29, 1.82) is 0 Å². The molecule has 1 amide bonds. The van der Waals surface area contributed by atoms with Gasteiger partial charge in [0.05, 0.1) is 0 Å². The summed E-state index contributed by atoms with van der Waals surface area (Å²) >= 11 is 9.46. The highest BCUT2D eigenvalue weighted by molar-refractivity contribution is 9.10. The molecule has 1 N–H and O–H groups in total. The summed E-state index contributed by atoms with van der Waals surface area (Å²) in [5, 5.41) is 12.4. The molecule has 2 aromatic rings. The van der Waals surface area contributed by atoms with Gasteiger partial charge < -0.3 is 14.7 Å². The van der Waals surface area contributed by atoms with Crippen molar-refractivity contribution in [3.63, 3.8) is 0 Å². The van der Waals surface area contributed by atoms with E-state index in [0.29, 0.717) is 18.1 Å². The summed E-state index contributed by atoms with van der Waals surface area (Å²) in [6.45, 7) is 6.37. The van der Waals surface area contributed by atoms with Crippen molar-refractivity contribution in [3.8, 4) is 0 Å². The molecule has 0 saturated carbocycles. The van der Waals surface area contributed by atoms with Crippen LogP contribution < -0.4 is 0 Å². The van der Waals surface area contributed by atoms with Gasteiger partial charge in [-0.25, -0.2) is 4.79 Å². The van der Waals surface area contributed by atoms with Gasteiger partial charge in [0.15, 0.2) is 0 Å². The van der Waals surface area contributed by atoms with Crippen molar-refractivity contribution in [2.75, 3.05) is 13.1 Å². The number of rotatable bonds is 3. The molecule has 0 aromatic heterocycles. The minimum absolute atomic E-state index is 0.146. The minimum Gasteiger partial charge on any atom is -0.444 e. The topological polar surface area (TPSA) is 49.8 Å². The fourth-order valence-corrected chi connectivity index (χ4v) is 3.65. The minimum atomic E-state index is -1.22. The SMILES string of the molecule is CC(C)(C)OC(=O)N1CC(C(O)(c2ccc(Cl)cc2)c2ccc(Br)cc2)C1. The van der Waals surface area contributed by atoms with E-state index in [2.05, 4.69) is 15.9 Å². The smallest absolute Gasteiger partial charge is 0.410 e. The van der Waals surface area contributed by atoms with Crippen LogP contribution in [0.5, 0.6) is 0 Å². The fourth-order valence-electron chi connectivity index (χ4n) is 3.26. The second-order valence-corrected chi connectivity index (χ2v) is 9.21. The third-order valence-electron chi connectivity index (χ3n) is 4.69. The van der Waals surface area contributed by atoms with Gasteiger partial charge in [0.25, 0.3) is 0 Å². The summed E-state index contributed by atoms with van der Waals surface area (Å²) in [6.07, 6.45) is -0.354. The summed E-state index contributed by atoms with van der Waals surface area (Å²) in [7, 11) is 0. The Morgan fingerprint density at radius 1 is 1.07 bits per heavy atom.